The number of benzene rings is 1. The molecule has 0 radical (unpaired) electrons. The molecule has 152 valence electrons. The van der Waals surface area contributed by atoms with Crippen LogP contribution in [-0.2, 0) is 11.3 Å². The molecule has 2 aromatic heterocycles. The Hall–Kier alpha value is -3.26. The zero-order valence-electron chi connectivity index (χ0n) is 16.8. The summed E-state index contributed by atoms with van der Waals surface area (Å²) in [6.07, 6.45) is 0. The van der Waals surface area contributed by atoms with Gasteiger partial charge < -0.3 is 19.2 Å². The van der Waals surface area contributed by atoms with E-state index >= 15 is 0 Å². The Balaban J connectivity index is 2.03. The molecule has 0 bridgehead atoms. The van der Waals surface area contributed by atoms with Gasteiger partial charge in [-0.2, -0.15) is 5.10 Å². The number of aryl methyl sites for hydroxylation is 1. The molecule has 0 aliphatic carbocycles. The first-order valence-electron chi connectivity index (χ1n) is 9.18. The standard InChI is InChI=1S/C21H23N3O5/c1-12-9-17(14(3)24(12)13(2)11-29-4)18(25)10-23-20(26)16-8-6-5-7-15(16)19(22-23)21(27)28/h5-9,13H,10-11H2,1-4H3,(H,27,28)/p-1/t13-/m0/s1. The second-order valence-electron chi connectivity index (χ2n) is 7.03. The van der Waals surface area contributed by atoms with Crippen molar-refractivity contribution in [3.8, 4) is 0 Å². The Kier molecular flexibility index (Phi) is 5.65. The Labute approximate surface area is 167 Å². The monoisotopic (exact) mass is 396 g/mol. The molecule has 29 heavy (non-hydrogen) atoms. The highest BCUT2D eigenvalue weighted by Gasteiger charge is 2.20. The highest BCUT2D eigenvalue weighted by atomic mass is 16.5. The van der Waals surface area contributed by atoms with E-state index < -0.39 is 11.5 Å². The zero-order valence-corrected chi connectivity index (χ0v) is 16.8. The number of carboxylic acids is 1. The highest BCUT2D eigenvalue weighted by Crippen LogP contribution is 2.21. The second kappa shape index (κ2) is 8.00. The molecule has 8 nitrogen and oxygen atoms in total. The Bertz CT molecular complexity index is 1160. The molecule has 2 heterocycles. The largest absolute Gasteiger partial charge is 0.543 e. The van der Waals surface area contributed by atoms with Gasteiger partial charge in [-0.25, -0.2) is 4.68 Å². The minimum absolute atomic E-state index is 0.0350. The summed E-state index contributed by atoms with van der Waals surface area (Å²) in [5.74, 6) is -1.84. The van der Waals surface area contributed by atoms with Crippen LogP contribution in [0.15, 0.2) is 35.1 Å². The molecule has 0 saturated carbocycles. The third-order valence-electron chi connectivity index (χ3n) is 4.99. The predicted molar refractivity (Wildman–Crippen MR) is 105 cm³/mol. The number of hydrogen-bond donors (Lipinski definition) is 0. The number of ketones is 1. The molecule has 1 aromatic carbocycles. The number of ether oxygens (including phenoxy) is 1. The number of carbonyl (C=O) groups excluding carboxylic acids is 2. The first-order chi connectivity index (χ1) is 13.8. The van der Waals surface area contributed by atoms with Crippen LogP contribution in [-0.4, -0.2) is 39.8 Å². The Morgan fingerprint density at radius 2 is 1.86 bits per heavy atom. The van der Waals surface area contributed by atoms with Gasteiger partial charge in [0.15, 0.2) is 5.78 Å². The van der Waals surface area contributed by atoms with Crippen molar-refractivity contribution < 1.29 is 19.4 Å². The van der Waals surface area contributed by atoms with E-state index in [0.29, 0.717) is 12.2 Å². The lowest BCUT2D eigenvalue weighted by molar-refractivity contribution is -0.255. The van der Waals surface area contributed by atoms with Gasteiger partial charge in [0, 0.05) is 29.4 Å². The maximum Gasteiger partial charge on any atom is 0.275 e. The van der Waals surface area contributed by atoms with E-state index in [-0.39, 0.29) is 34.8 Å². The molecule has 0 aliphatic heterocycles. The maximum absolute atomic E-state index is 12.9. The number of carbonyl (C=O) groups is 2. The molecular formula is C21H22N3O5-. The third kappa shape index (κ3) is 3.71. The summed E-state index contributed by atoms with van der Waals surface area (Å²) < 4.78 is 8.09. The average molecular weight is 396 g/mol. The third-order valence-corrected chi connectivity index (χ3v) is 4.99. The lowest BCUT2D eigenvalue weighted by atomic mass is 10.1. The van der Waals surface area contributed by atoms with Crippen molar-refractivity contribution in [1.82, 2.24) is 14.3 Å². The lowest BCUT2D eigenvalue weighted by Crippen LogP contribution is -2.32. The van der Waals surface area contributed by atoms with E-state index in [1.165, 1.54) is 12.1 Å². The quantitative estimate of drug-likeness (QED) is 0.557. The Morgan fingerprint density at radius 1 is 1.21 bits per heavy atom. The smallest absolute Gasteiger partial charge is 0.275 e. The molecule has 3 rings (SSSR count). The van der Waals surface area contributed by atoms with Gasteiger partial charge in [0.2, 0.25) is 0 Å². The van der Waals surface area contributed by atoms with E-state index in [2.05, 4.69) is 5.10 Å². The number of fused-ring (bicyclic) bond motifs is 1. The summed E-state index contributed by atoms with van der Waals surface area (Å²) in [5, 5.41) is 15.7. The van der Waals surface area contributed by atoms with Crippen LogP contribution in [0.5, 0.6) is 0 Å². The number of aromatic nitrogens is 3. The number of aromatic carboxylic acids is 1. The van der Waals surface area contributed by atoms with Crippen molar-refractivity contribution in [2.45, 2.75) is 33.4 Å². The second-order valence-corrected chi connectivity index (χ2v) is 7.03. The van der Waals surface area contributed by atoms with Crippen LogP contribution >= 0.6 is 0 Å². The molecule has 0 N–H and O–H groups in total. The van der Waals surface area contributed by atoms with Gasteiger partial charge >= 0.3 is 0 Å². The van der Waals surface area contributed by atoms with Crippen molar-refractivity contribution in [1.29, 1.82) is 0 Å². The summed E-state index contributed by atoms with van der Waals surface area (Å²) in [6.45, 7) is 5.83. The molecule has 0 spiro atoms. The minimum Gasteiger partial charge on any atom is -0.543 e. The van der Waals surface area contributed by atoms with Crippen LogP contribution in [0.1, 0.15) is 45.2 Å². The summed E-state index contributed by atoms with van der Waals surface area (Å²) >= 11 is 0. The van der Waals surface area contributed by atoms with Crippen LogP contribution in [0, 0.1) is 13.8 Å². The SMILES string of the molecule is COC[C@H](C)n1c(C)cc(C(=O)Cn2nc(C(=O)[O-])c3ccccc3c2=O)c1C. The summed E-state index contributed by atoms with van der Waals surface area (Å²) in [7, 11) is 1.61. The van der Waals surface area contributed by atoms with E-state index in [1.807, 2.05) is 25.3 Å². The normalized spacial score (nSPS) is 12.3. The number of nitrogens with zero attached hydrogens (tertiary/aromatic N) is 3. The van der Waals surface area contributed by atoms with Crippen molar-refractivity contribution in [2.24, 2.45) is 0 Å². The summed E-state index contributed by atoms with van der Waals surface area (Å²) in [4.78, 5) is 37.2. The van der Waals surface area contributed by atoms with Crippen molar-refractivity contribution in [3.63, 3.8) is 0 Å². The first kappa shape index (κ1) is 20.5. The molecule has 0 unspecified atom stereocenters. The van der Waals surface area contributed by atoms with Crippen LogP contribution in [0.25, 0.3) is 10.8 Å². The van der Waals surface area contributed by atoms with Crippen molar-refractivity contribution >= 4 is 22.5 Å². The van der Waals surface area contributed by atoms with E-state index in [0.717, 1.165) is 16.1 Å². The minimum atomic E-state index is -1.51. The molecular weight excluding hydrogens is 374 g/mol. The summed E-state index contributed by atoms with van der Waals surface area (Å²) in [6, 6.07) is 8.03. The van der Waals surface area contributed by atoms with Gasteiger partial charge in [0.1, 0.15) is 12.2 Å². The van der Waals surface area contributed by atoms with Crippen LogP contribution in [0.2, 0.25) is 0 Å². The molecule has 0 amide bonds. The fourth-order valence-electron chi connectivity index (χ4n) is 3.77. The number of rotatable bonds is 7. The molecule has 0 saturated heterocycles. The number of hydrogen-bond acceptors (Lipinski definition) is 6. The number of carboxylic acid groups (broad SMARTS) is 1. The van der Waals surface area contributed by atoms with E-state index in [9.17, 15) is 19.5 Å². The van der Waals surface area contributed by atoms with Crippen LogP contribution in [0.3, 0.4) is 0 Å². The van der Waals surface area contributed by atoms with Crippen LogP contribution in [0.4, 0.5) is 0 Å². The molecule has 1 atom stereocenters. The van der Waals surface area contributed by atoms with E-state index in [1.54, 1.807) is 25.3 Å². The van der Waals surface area contributed by atoms with Gasteiger partial charge in [0.05, 0.1) is 24.0 Å². The molecule has 8 heteroatoms. The van der Waals surface area contributed by atoms with Gasteiger partial charge in [-0.1, -0.05) is 18.2 Å². The van der Waals surface area contributed by atoms with Gasteiger partial charge in [-0.3, -0.25) is 9.59 Å². The predicted octanol–water partition coefficient (Wildman–Crippen LogP) is 1.27. The highest BCUT2D eigenvalue weighted by molar-refractivity contribution is 6.01. The molecule has 3 aromatic rings. The van der Waals surface area contributed by atoms with Crippen LogP contribution < -0.4 is 10.7 Å². The Morgan fingerprint density at radius 3 is 2.48 bits per heavy atom. The molecule has 0 fully saturated rings. The zero-order chi connectivity index (χ0) is 21.3. The average Bonchev–Trinajstić information content (AvgIpc) is 2.98. The fraction of sp³-hybridized carbons (Fsp3) is 0.333. The van der Waals surface area contributed by atoms with Crippen molar-refractivity contribution in [3.05, 3.63) is 63.3 Å². The maximum atomic E-state index is 12.9. The topological polar surface area (TPSA) is 106 Å². The van der Waals surface area contributed by atoms with Crippen molar-refractivity contribution in [2.75, 3.05) is 13.7 Å². The number of Topliss-reactive ketones (excluding diaryl/α,β-unsaturated/α-hetero) is 1. The number of methoxy groups -OCH3 is 1. The fourth-order valence-corrected chi connectivity index (χ4v) is 3.77. The first-order valence-corrected chi connectivity index (χ1v) is 9.18. The van der Waals surface area contributed by atoms with E-state index in [4.69, 9.17) is 4.74 Å². The summed E-state index contributed by atoms with van der Waals surface area (Å²) in [5.41, 5.74) is 1.21. The molecule has 0 aliphatic rings. The lowest BCUT2D eigenvalue weighted by Gasteiger charge is -2.17. The van der Waals surface area contributed by atoms with Gasteiger partial charge in [0.25, 0.3) is 5.56 Å². The van der Waals surface area contributed by atoms with Gasteiger partial charge in [-0.05, 0) is 32.9 Å². The van der Waals surface area contributed by atoms with Gasteiger partial charge in [-0.15, -0.1) is 0 Å².